The van der Waals surface area contributed by atoms with E-state index in [9.17, 15) is 9.18 Å². The average molecular weight is 420 g/mol. The normalized spacial score (nSPS) is 11.8. The van der Waals surface area contributed by atoms with E-state index in [0.717, 1.165) is 22.6 Å². The molecule has 2 aromatic carbocycles. The molecule has 0 bridgehead atoms. The van der Waals surface area contributed by atoms with Crippen molar-refractivity contribution >= 4 is 22.7 Å². The van der Waals surface area contributed by atoms with Gasteiger partial charge in [0, 0.05) is 22.4 Å². The molecule has 0 aliphatic rings. The van der Waals surface area contributed by atoms with Gasteiger partial charge in [0.05, 0.1) is 17.8 Å². The van der Waals surface area contributed by atoms with Crippen LogP contribution in [0.1, 0.15) is 43.6 Å². The number of fused-ring (bicyclic) bond motifs is 1. The summed E-state index contributed by atoms with van der Waals surface area (Å²) in [7, 11) is 0. The second-order valence-electron chi connectivity index (χ2n) is 8.71. The molecule has 6 nitrogen and oxygen atoms in total. The predicted octanol–water partition coefficient (Wildman–Crippen LogP) is 5.25. The maximum absolute atomic E-state index is 13.2. The number of nitrogens with one attached hydrogen (secondary N) is 1. The van der Waals surface area contributed by atoms with Gasteiger partial charge in [-0.25, -0.2) is 14.1 Å². The first-order chi connectivity index (χ1) is 14.6. The van der Waals surface area contributed by atoms with Crippen LogP contribution in [0.4, 0.5) is 10.1 Å². The number of halogens is 1. The fraction of sp³-hybridized carbons (Fsp3) is 0.292. The van der Waals surface area contributed by atoms with Gasteiger partial charge in [-0.05, 0) is 56.3 Å². The van der Waals surface area contributed by atoms with Crippen LogP contribution in [0.3, 0.4) is 0 Å². The van der Waals surface area contributed by atoms with Crippen LogP contribution in [-0.4, -0.2) is 20.7 Å². The van der Waals surface area contributed by atoms with Gasteiger partial charge >= 0.3 is 0 Å². The number of aryl methyl sites for hydroxylation is 1. The molecule has 0 fully saturated rings. The Labute approximate surface area is 180 Å². The topological polar surface area (TPSA) is 73.0 Å². The molecular weight excluding hydrogens is 395 g/mol. The monoisotopic (exact) mass is 420 g/mol. The number of hydrogen-bond donors (Lipinski definition) is 1. The van der Waals surface area contributed by atoms with Crippen LogP contribution in [0.25, 0.3) is 16.8 Å². The van der Waals surface area contributed by atoms with Crippen molar-refractivity contribution in [3.05, 3.63) is 71.1 Å². The van der Waals surface area contributed by atoms with Crippen LogP contribution in [0, 0.1) is 19.7 Å². The number of nitrogens with zero attached hydrogens (tertiary/aromatic N) is 3. The summed E-state index contributed by atoms with van der Waals surface area (Å²) in [6, 6.07) is 11.5. The van der Waals surface area contributed by atoms with E-state index >= 15 is 0 Å². The van der Waals surface area contributed by atoms with Crippen molar-refractivity contribution in [2.75, 3.05) is 5.32 Å². The van der Waals surface area contributed by atoms with Crippen molar-refractivity contribution < 1.29 is 13.6 Å². The zero-order chi connectivity index (χ0) is 22.3. The van der Waals surface area contributed by atoms with Gasteiger partial charge in [0.2, 0.25) is 11.8 Å². The van der Waals surface area contributed by atoms with Crippen LogP contribution in [0.15, 0.2) is 46.9 Å². The van der Waals surface area contributed by atoms with E-state index in [1.54, 1.807) is 22.9 Å². The highest BCUT2D eigenvalue weighted by atomic mass is 19.1. The van der Waals surface area contributed by atoms with Gasteiger partial charge in [-0.15, -0.1) is 0 Å². The lowest BCUT2D eigenvalue weighted by Gasteiger charge is -2.11. The first-order valence-corrected chi connectivity index (χ1v) is 10.1. The number of amides is 1. The van der Waals surface area contributed by atoms with E-state index in [1.807, 2.05) is 46.8 Å². The number of carbonyl (C=O) groups excluding carboxylic acids is 1. The smallest absolute Gasteiger partial charge is 0.228 e. The van der Waals surface area contributed by atoms with Gasteiger partial charge < -0.3 is 9.73 Å². The molecule has 31 heavy (non-hydrogen) atoms. The lowest BCUT2D eigenvalue weighted by Crippen LogP contribution is -2.15. The third kappa shape index (κ3) is 4.21. The summed E-state index contributed by atoms with van der Waals surface area (Å²) in [4.78, 5) is 17.3. The van der Waals surface area contributed by atoms with Crippen molar-refractivity contribution in [2.45, 2.75) is 46.5 Å². The number of anilines is 1. The van der Waals surface area contributed by atoms with Crippen LogP contribution < -0.4 is 5.32 Å². The molecule has 4 rings (SSSR count). The standard InChI is InChI=1S/C24H25FN4O2/c1-14-19(15(2)29(28-14)18-9-6-16(25)7-10-18)13-22(30)26-17-8-11-21-20(12-17)27-23(31-21)24(3,4)5/h6-12H,13H2,1-5H3,(H,26,30). The van der Waals surface area contributed by atoms with Crippen molar-refractivity contribution in [2.24, 2.45) is 0 Å². The molecule has 0 spiro atoms. The number of oxazole rings is 1. The molecule has 0 saturated heterocycles. The number of aromatic nitrogens is 3. The lowest BCUT2D eigenvalue weighted by molar-refractivity contribution is -0.115. The molecule has 2 aromatic heterocycles. The summed E-state index contributed by atoms with van der Waals surface area (Å²) in [5.41, 5.74) is 5.07. The van der Waals surface area contributed by atoms with Crippen molar-refractivity contribution in [3.63, 3.8) is 0 Å². The van der Waals surface area contributed by atoms with Crippen LogP contribution in [0.5, 0.6) is 0 Å². The second-order valence-corrected chi connectivity index (χ2v) is 8.71. The highest BCUT2D eigenvalue weighted by Crippen LogP contribution is 2.27. The van der Waals surface area contributed by atoms with Crippen molar-refractivity contribution in [3.8, 4) is 5.69 Å². The van der Waals surface area contributed by atoms with Crippen molar-refractivity contribution in [1.82, 2.24) is 14.8 Å². The maximum atomic E-state index is 13.2. The minimum absolute atomic E-state index is 0.149. The van der Waals surface area contributed by atoms with Gasteiger partial charge in [-0.3, -0.25) is 4.79 Å². The molecule has 0 atom stereocenters. The number of carbonyl (C=O) groups is 1. The van der Waals surface area contributed by atoms with E-state index < -0.39 is 0 Å². The molecular formula is C24H25FN4O2. The summed E-state index contributed by atoms with van der Waals surface area (Å²) in [6.45, 7) is 9.89. The van der Waals surface area contributed by atoms with E-state index in [1.165, 1.54) is 12.1 Å². The zero-order valence-electron chi connectivity index (χ0n) is 18.3. The minimum Gasteiger partial charge on any atom is -0.440 e. The SMILES string of the molecule is Cc1nn(-c2ccc(F)cc2)c(C)c1CC(=O)Nc1ccc2oc(C(C)(C)C)nc2c1. The Morgan fingerprint density at radius 3 is 2.52 bits per heavy atom. The van der Waals surface area contributed by atoms with Gasteiger partial charge in [-0.1, -0.05) is 20.8 Å². The molecule has 160 valence electrons. The Kier molecular flexibility index (Phi) is 5.13. The maximum Gasteiger partial charge on any atom is 0.228 e. The Hall–Kier alpha value is -3.48. The zero-order valence-corrected chi connectivity index (χ0v) is 18.3. The third-order valence-electron chi connectivity index (χ3n) is 5.16. The predicted molar refractivity (Wildman–Crippen MR) is 118 cm³/mol. The summed E-state index contributed by atoms with van der Waals surface area (Å²) in [5.74, 6) is 0.206. The largest absolute Gasteiger partial charge is 0.440 e. The van der Waals surface area contributed by atoms with E-state index in [-0.39, 0.29) is 23.6 Å². The van der Waals surface area contributed by atoms with Gasteiger partial charge in [0.25, 0.3) is 0 Å². The molecule has 0 aliphatic carbocycles. The molecule has 7 heteroatoms. The summed E-state index contributed by atoms with van der Waals surface area (Å²) < 4.78 is 20.8. The fourth-order valence-corrected chi connectivity index (χ4v) is 3.46. The number of hydrogen-bond acceptors (Lipinski definition) is 4. The second kappa shape index (κ2) is 7.65. The summed E-state index contributed by atoms with van der Waals surface area (Å²) >= 11 is 0. The fourth-order valence-electron chi connectivity index (χ4n) is 3.46. The third-order valence-corrected chi connectivity index (χ3v) is 5.16. The molecule has 1 amide bonds. The number of rotatable bonds is 4. The minimum atomic E-state index is -0.302. The lowest BCUT2D eigenvalue weighted by atomic mass is 9.97. The first-order valence-electron chi connectivity index (χ1n) is 10.1. The van der Waals surface area contributed by atoms with Gasteiger partial charge in [-0.2, -0.15) is 5.10 Å². The van der Waals surface area contributed by atoms with Gasteiger partial charge in [0.1, 0.15) is 11.3 Å². The highest BCUT2D eigenvalue weighted by molar-refractivity contribution is 5.94. The van der Waals surface area contributed by atoms with E-state index in [0.29, 0.717) is 22.7 Å². The Balaban J connectivity index is 1.53. The molecule has 1 N–H and O–H groups in total. The summed E-state index contributed by atoms with van der Waals surface area (Å²) in [5, 5.41) is 7.46. The van der Waals surface area contributed by atoms with E-state index in [4.69, 9.17) is 4.42 Å². The first kappa shape index (κ1) is 20.8. The summed E-state index contributed by atoms with van der Waals surface area (Å²) in [6.07, 6.45) is 0.183. The van der Waals surface area contributed by atoms with Gasteiger partial charge in [0.15, 0.2) is 5.58 Å². The highest BCUT2D eigenvalue weighted by Gasteiger charge is 2.21. The average Bonchev–Trinajstić information content (AvgIpc) is 3.25. The molecule has 0 aliphatic heterocycles. The number of benzene rings is 2. The Bertz CT molecular complexity index is 1260. The molecule has 0 unspecified atom stereocenters. The van der Waals surface area contributed by atoms with Crippen LogP contribution in [-0.2, 0) is 16.6 Å². The van der Waals surface area contributed by atoms with Crippen molar-refractivity contribution in [1.29, 1.82) is 0 Å². The van der Waals surface area contributed by atoms with E-state index in [2.05, 4.69) is 15.4 Å². The molecule has 0 radical (unpaired) electrons. The molecule has 2 heterocycles. The Morgan fingerprint density at radius 1 is 1.13 bits per heavy atom. The van der Waals surface area contributed by atoms with Crippen LogP contribution in [0.2, 0.25) is 0 Å². The molecule has 0 saturated carbocycles. The quantitative estimate of drug-likeness (QED) is 0.489. The Morgan fingerprint density at radius 2 is 1.84 bits per heavy atom. The van der Waals surface area contributed by atoms with Crippen LogP contribution >= 0.6 is 0 Å². The molecule has 4 aromatic rings.